The van der Waals surface area contributed by atoms with Crippen molar-refractivity contribution >= 4 is 28.9 Å². The third-order valence-corrected chi connectivity index (χ3v) is 4.70. The molecule has 1 unspecified atom stereocenters. The molecular formula is C14H14ClNO3S. The van der Waals surface area contributed by atoms with E-state index in [4.69, 9.17) is 11.6 Å². The zero-order valence-electron chi connectivity index (χ0n) is 11.3. The third-order valence-electron chi connectivity index (χ3n) is 3.30. The van der Waals surface area contributed by atoms with Crippen molar-refractivity contribution in [1.29, 1.82) is 0 Å². The molecule has 6 heteroatoms. The van der Waals surface area contributed by atoms with Crippen LogP contribution in [-0.2, 0) is 0 Å². The van der Waals surface area contributed by atoms with Gasteiger partial charge in [-0.1, -0.05) is 11.6 Å². The van der Waals surface area contributed by atoms with Crippen LogP contribution in [0.3, 0.4) is 0 Å². The van der Waals surface area contributed by atoms with Crippen molar-refractivity contribution < 1.29 is 9.90 Å². The number of pyridine rings is 1. The first-order valence-corrected chi connectivity index (χ1v) is 7.23. The molecule has 0 radical (unpaired) electrons. The number of nitrogens with zero attached hydrogens (tertiary/aromatic N) is 1. The van der Waals surface area contributed by atoms with E-state index in [0.717, 1.165) is 4.88 Å². The summed E-state index contributed by atoms with van der Waals surface area (Å²) in [5.74, 6) is -1.02. The summed E-state index contributed by atoms with van der Waals surface area (Å²) in [6.45, 7) is 5.15. The van der Waals surface area contributed by atoms with Crippen LogP contribution in [0.25, 0.3) is 0 Å². The van der Waals surface area contributed by atoms with Crippen molar-refractivity contribution in [2.75, 3.05) is 0 Å². The summed E-state index contributed by atoms with van der Waals surface area (Å²) in [6.07, 6.45) is 0. The predicted molar refractivity (Wildman–Crippen MR) is 80.3 cm³/mol. The molecule has 106 valence electrons. The van der Waals surface area contributed by atoms with Crippen LogP contribution < -0.4 is 5.56 Å². The van der Waals surface area contributed by atoms with Crippen molar-refractivity contribution in [3.05, 3.63) is 54.6 Å². The maximum Gasteiger partial charge on any atom is 0.337 e. The number of halogens is 1. The van der Waals surface area contributed by atoms with Crippen LogP contribution in [-0.4, -0.2) is 15.6 Å². The maximum atomic E-state index is 12.2. The highest BCUT2D eigenvalue weighted by Crippen LogP contribution is 2.29. The molecule has 0 aromatic carbocycles. The normalized spacial score (nSPS) is 12.4. The first kappa shape index (κ1) is 14.8. The van der Waals surface area contributed by atoms with Gasteiger partial charge in [0.2, 0.25) is 0 Å². The summed E-state index contributed by atoms with van der Waals surface area (Å²) in [7, 11) is 0. The third kappa shape index (κ3) is 2.51. The summed E-state index contributed by atoms with van der Waals surface area (Å²) >= 11 is 7.30. The van der Waals surface area contributed by atoms with Gasteiger partial charge in [-0.3, -0.25) is 4.79 Å². The topological polar surface area (TPSA) is 59.3 Å². The van der Waals surface area contributed by atoms with E-state index in [9.17, 15) is 14.7 Å². The molecule has 2 heterocycles. The Balaban J connectivity index is 2.65. The van der Waals surface area contributed by atoms with Crippen molar-refractivity contribution in [3.63, 3.8) is 0 Å². The van der Waals surface area contributed by atoms with Gasteiger partial charge < -0.3 is 9.67 Å². The lowest BCUT2D eigenvalue weighted by Gasteiger charge is -2.19. The molecule has 0 bridgehead atoms. The minimum atomic E-state index is -1.02. The quantitative estimate of drug-likeness (QED) is 0.944. The Morgan fingerprint density at radius 3 is 2.55 bits per heavy atom. The summed E-state index contributed by atoms with van der Waals surface area (Å²) in [5.41, 5.74) is 0.910. The largest absolute Gasteiger partial charge is 0.478 e. The Bertz CT molecular complexity index is 733. The molecule has 2 rings (SSSR count). The van der Waals surface area contributed by atoms with Gasteiger partial charge in [0.15, 0.2) is 0 Å². The minimum Gasteiger partial charge on any atom is -0.478 e. The number of thiophene rings is 1. The summed E-state index contributed by atoms with van der Waals surface area (Å²) in [6, 6.07) is 4.73. The highest BCUT2D eigenvalue weighted by atomic mass is 35.5. The molecule has 20 heavy (non-hydrogen) atoms. The Labute approximate surface area is 125 Å². The molecule has 2 aromatic rings. The van der Waals surface area contributed by atoms with Crippen molar-refractivity contribution in [2.24, 2.45) is 0 Å². The molecule has 0 aliphatic carbocycles. The number of hydrogen-bond acceptors (Lipinski definition) is 3. The molecule has 0 saturated heterocycles. The molecule has 4 nitrogen and oxygen atoms in total. The van der Waals surface area contributed by atoms with Gasteiger partial charge in [0.25, 0.3) is 5.56 Å². The molecule has 0 saturated carbocycles. The maximum absolute atomic E-state index is 12.2. The fourth-order valence-electron chi connectivity index (χ4n) is 2.38. The molecule has 0 amide bonds. The van der Waals surface area contributed by atoms with Crippen LogP contribution in [0, 0.1) is 13.8 Å². The highest BCUT2D eigenvalue weighted by molar-refractivity contribution is 7.16. The average molecular weight is 312 g/mol. The number of rotatable bonds is 3. The van der Waals surface area contributed by atoms with E-state index in [1.807, 2.05) is 13.0 Å². The lowest BCUT2D eigenvalue weighted by atomic mass is 10.1. The second-order valence-corrected chi connectivity index (χ2v) is 6.37. The van der Waals surface area contributed by atoms with Gasteiger partial charge in [-0.2, -0.15) is 0 Å². The zero-order valence-corrected chi connectivity index (χ0v) is 12.9. The summed E-state index contributed by atoms with van der Waals surface area (Å²) in [5, 5.41) is 9.28. The van der Waals surface area contributed by atoms with Crippen molar-refractivity contribution in [2.45, 2.75) is 26.8 Å². The molecule has 0 aliphatic rings. The van der Waals surface area contributed by atoms with Gasteiger partial charge in [-0.25, -0.2) is 4.79 Å². The average Bonchev–Trinajstić information content (AvgIpc) is 2.74. The second-order valence-electron chi connectivity index (χ2n) is 4.62. The number of hydrogen-bond donors (Lipinski definition) is 1. The van der Waals surface area contributed by atoms with Crippen LogP contribution in [0.15, 0.2) is 23.0 Å². The van der Waals surface area contributed by atoms with Gasteiger partial charge in [0.1, 0.15) is 0 Å². The molecular weight excluding hydrogens is 298 g/mol. The van der Waals surface area contributed by atoms with E-state index < -0.39 is 5.97 Å². The van der Waals surface area contributed by atoms with Crippen molar-refractivity contribution in [3.8, 4) is 0 Å². The van der Waals surface area contributed by atoms with Crippen LogP contribution >= 0.6 is 22.9 Å². The number of aryl methyl sites for hydroxylation is 1. The van der Waals surface area contributed by atoms with E-state index in [0.29, 0.717) is 15.6 Å². The SMILES string of the molecule is Cc1cc(=O)n(C(C)c2ccc(Cl)s2)c(C)c1C(=O)O. The molecule has 1 atom stereocenters. The van der Waals surface area contributed by atoms with Gasteiger partial charge in [0, 0.05) is 16.6 Å². The van der Waals surface area contributed by atoms with E-state index in [2.05, 4.69) is 0 Å². The zero-order chi connectivity index (χ0) is 15.0. The molecule has 0 fully saturated rings. The lowest BCUT2D eigenvalue weighted by Crippen LogP contribution is -2.28. The summed E-state index contributed by atoms with van der Waals surface area (Å²) in [4.78, 5) is 24.5. The first-order valence-electron chi connectivity index (χ1n) is 6.04. The highest BCUT2D eigenvalue weighted by Gasteiger charge is 2.20. The Hall–Kier alpha value is -1.59. The second kappa shape index (κ2) is 5.42. The Morgan fingerprint density at radius 1 is 1.40 bits per heavy atom. The van der Waals surface area contributed by atoms with E-state index in [-0.39, 0.29) is 17.2 Å². The van der Waals surface area contributed by atoms with Gasteiger partial charge in [0.05, 0.1) is 15.9 Å². The number of aromatic nitrogens is 1. The predicted octanol–water partition coefficient (Wildman–Crippen LogP) is 3.49. The standard InChI is InChI=1S/C14H14ClNO3S/c1-7-6-12(17)16(9(3)13(7)14(18)19)8(2)10-4-5-11(15)20-10/h4-6,8H,1-3H3,(H,18,19). The molecule has 0 spiro atoms. The molecule has 1 N–H and O–H groups in total. The van der Waals surface area contributed by atoms with Crippen LogP contribution in [0.5, 0.6) is 0 Å². The number of carbonyl (C=O) groups is 1. The van der Waals surface area contributed by atoms with Crippen LogP contribution in [0.2, 0.25) is 4.34 Å². The van der Waals surface area contributed by atoms with E-state index in [1.165, 1.54) is 22.0 Å². The van der Waals surface area contributed by atoms with E-state index in [1.54, 1.807) is 19.9 Å². The Kier molecular flexibility index (Phi) is 4.01. The monoisotopic (exact) mass is 311 g/mol. The number of aromatic carboxylic acids is 1. The van der Waals surface area contributed by atoms with Gasteiger partial charge in [-0.05, 0) is 38.5 Å². The first-order chi connectivity index (χ1) is 9.32. The van der Waals surface area contributed by atoms with E-state index >= 15 is 0 Å². The van der Waals surface area contributed by atoms with Crippen LogP contribution in [0.4, 0.5) is 0 Å². The van der Waals surface area contributed by atoms with Gasteiger partial charge >= 0.3 is 5.97 Å². The lowest BCUT2D eigenvalue weighted by molar-refractivity contribution is 0.0694. The minimum absolute atomic E-state index is 0.180. The molecule has 2 aromatic heterocycles. The summed E-state index contributed by atoms with van der Waals surface area (Å²) < 4.78 is 2.14. The smallest absolute Gasteiger partial charge is 0.337 e. The number of carboxylic acids is 1. The molecule has 0 aliphatic heterocycles. The van der Waals surface area contributed by atoms with Crippen LogP contribution in [0.1, 0.15) is 39.5 Å². The van der Waals surface area contributed by atoms with Crippen molar-refractivity contribution in [1.82, 2.24) is 4.57 Å². The fraction of sp³-hybridized carbons (Fsp3) is 0.286. The number of carboxylic acid groups (broad SMARTS) is 1. The van der Waals surface area contributed by atoms with Gasteiger partial charge in [-0.15, -0.1) is 11.3 Å². The fourth-order valence-corrected chi connectivity index (χ4v) is 3.49. The Morgan fingerprint density at radius 2 is 2.05 bits per heavy atom.